The lowest BCUT2D eigenvalue weighted by Gasteiger charge is -2.54. The van der Waals surface area contributed by atoms with E-state index in [2.05, 4.69) is 5.16 Å². The van der Waals surface area contributed by atoms with Gasteiger partial charge in [0.25, 0.3) is 0 Å². The molecule has 5 nitrogen and oxygen atoms in total. The summed E-state index contributed by atoms with van der Waals surface area (Å²) in [5.74, 6) is -0.874. The molecule has 0 amide bonds. The molecule has 0 saturated heterocycles. The maximum atomic E-state index is 11.9. The van der Waals surface area contributed by atoms with E-state index in [1.165, 1.54) is 7.11 Å². The van der Waals surface area contributed by atoms with Gasteiger partial charge in [-0.25, -0.2) is 0 Å². The molecule has 18 heavy (non-hydrogen) atoms. The number of carbonyl (C=O) groups is 1. The van der Waals surface area contributed by atoms with Gasteiger partial charge in [-0.1, -0.05) is 18.5 Å². The number of oxime groups is 1. The first-order valence-electron chi connectivity index (χ1n) is 6.51. The summed E-state index contributed by atoms with van der Waals surface area (Å²) < 4.78 is 4.82. The molecule has 0 aliphatic heterocycles. The number of nitrogens with zero attached hydrogens (tertiary/aromatic N) is 1. The molecule has 0 bridgehead atoms. The first kappa shape index (κ1) is 13.3. The quantitative estimate of drug-likeness (QED) is 0.425. The average Bonchev–Trinajstić information content (AvgIpc) is 2.37. The first-order valence-corrected chi connectivity index (χ1v) is 6.51. The predicted molar refractivity (Wildman–Crippen MR) is 65.5 cm³/mol. The fraction of sp³-hybridized carbons (Fsp3) is 0.846. The summed E-state index contributed by atoms with van der Waals surface area (Å²) in [5, 5.41) is 23.5. The monoisotopic (exact) mass is 255 g/mol. The molecule has 2 aliphatic carbocycles. The summed E-state index contributed by atoms with van der Waals surface area (Å²) in [7, 11) is 1.35. The zero-order chi connectivity index (χ0) is 13.4. The van der Waals surface area contributed by atoms with Gasteiger partial charge < -0.3 is 15.1 Å². The van der Waals surface area contributed by atoms with E-state index in [0.29, 0.717) is 25.0 Å². The number of esters is 1. The number of hydrogen-bond donors (Lipinski definition) is 2. The Morgan fingerprint density at radius 2 is 2.17 bits per heavy atom. The molecule has 0 aromatic carbocycles. The highest BCUT2D eigenvalue weighted by Crippen LogP contribution is 2.54. The number of ether oxygens (including phenoxy) is 1. The van der Waals surface area contributed by atoms with E-state index in [-0.39, 0.29) is 5.97 Å². The van der Waals surface area contributed by atoms with E-state index in [1.54, 1.807) is 0 Å². The standard InChI is InChI=1S/C13H21NO4/c1-12-7-3-5-9(11(15)18-2)13(12,16)8-4-6-10(12)14-17/h9,16-17H,3-8H2,1-2H3/b14-10-/t9-,12+,13+/m1/s1. The largest absolute Gasteiger partial charge is 0.469 e. The minimum Gasteiger partial charge on any atom is -0.469 e. The molecule has 2 rings (SSSR count). The molecule has 0 radical (unpaired) electrons. The average molecular weight is 255 g/mol. The summed E-state index contributed by atoms with van der Waals surface area (Å²) in [5.41, 5.74) is -1.14. The molecule has 0 heterocycles. The fourth-order valence-electron chi connectivity index (χ4n) is 3.76. The van der Waals surface area contributed by atoms with Crippen LogP contribution in [0.2, 0.25) is 0 Å². The molecule has 5 heteroatoms. The van der Waals surface area contributed by atoms with E-state index in [0.717, 1.165) is 19.3 Å². The van der Waals surface area contributed by atoms with E-state index in [9.17, 15) is 9.90 Å². The topological polar surface area (TPSA) is 79.1 Å². The maximum Gasteiger partial charge on any atom is 0.311 e. The van der Waals surface area contributed by atoms with Crippen molar-refractivity contribution in [2.75, 3.05) is 7.11 Å². The molecule has 3 atom stereocenters. The summed E-state index contributed by atoms with van der Waals surface area (Å²) in [6.07, 6.45) is 4.19. The number of carbonyl (C=O) groups excluding carboxylic acids is 1. The summed E-state index contributed by atoms with van der Waals surface area (Å²) in [6, 6.07) is 0. The van der Waals surface area contributed by atoms with Crippen molar-refractivity contribution in [2.45, 2.75) is 51.0 Å². The molecular formula is C13H21NO4. The van der Waals surface area contributed by atoms with Gasteiger partial charge in [0, 0.05) is 5.41 Å². The van der Waals surface area contributed by atoms with E-state index < -0.39 is 16.9 Å². The van der Waals surface area contributed by atoms with Crippen LogP contribution in [0.4, 0.5) is 0 Å². The molecular weight excluding hydrogens is 234 g/mol. The van der Waals surface area contributed by atoms with Gasteiger partial charge >= 0.3 is 5.97 Å². The lowest BCUT2D eigenvalue weighted by Crippen LogP contribution is -2.62. The van der Waals surface area contributed by atoms with Crippen molar-refractivity contribution in [3.63, 3.8) is 0 Å². The van der Waals surface area contributed by atoms with Gasteiger partial charge in [-0.05, 0) is 32.1 Å². The number of rotatable bonds is 1. The zero-order valence-electron chi connectivity index (χ0n) is 11.0. The minimum absolute atomic E-state index is 0.359. The van der Waals surface area contributed by atoms with Gasteiger partial charge in [-0.2, -0.15) is 0 Å². The van der Waals surface area contributed by atoms with Crippen LogP contribution < -0.4 is 0 Å². The Morgan fingerprint density at radius 1 is 1.44 bits per heavy atom. The van der Waals surface area contributed by atoms with Crippen LogP contribution in [0.25, 0.3) is 0 Å². The Hall–Kier alpha value is -1.10. The predicted octanol–water partition coefficient (Wildman–Crippen LogP) is 1.71. The Bertz CT molecular complexity index is 381. The third-order valence-electron chi connectivity index (χ3n) is 4.92. The van der Waals surface area contributed by atoms with Crippen LogP contribution in [0, 0.1) is 11.3 Å². The van der Waals surface area contributed by atoms with Crippen molar-refractivity contribution in [3.8, 4) is 0 Å². The molecule has 102 valence electrons. The van der Waals surface area contributed by atoms with Crippen LogP contribution in [-0.4, -0.2) is 34.7 Å². The Balaban J connectivity index is 2.42. The van der Waals surface area contributed by atoms with Gasteiger partial charge in [0.15, 0.2) is 0 Å². The van der Waals surface area contributed by atoms with Crippen LogP contribution in [0.15, 0.2) is 5.16 Å². The van der Waals surface area contributed by atoms with Crippen molar-refractivity contribution in [2.24, 2.45) is 16.5 Å². The second-order valence-corrected chi connectivity index (χ2v) is 5.62. The third-order valence-corrected chi connectivity index (χ3v) is 4.92. The van der Waals surface area contributed by atoms with Crippen molar-refractivity contribution in [3.05, 3.63) is 0 Å². The normalized spacial score (nSPS) is 42.4. The molecule has 0 aromatic heterocycles. The summed E-state index contributed by atoms with van der Waals surface area (Å²) in [4.78, 5) is 11.9. The Morgan fingerprint density at radius 3 is 2.78 bits per heavy atom. The van der Waals surface area contributed by atoms with Gasteiger partial charge in [0.2, 0.25) is 0 Å². The van der Waals surface area contributed by atoms with Crippen LogP contribution >= 0.6 is 0 Å². The van der Waals surface area contributed by atoms with Crippen LogP contribution in [0.5, 0.6) is 0 Å². The zero-order valence-corrected chi connectivity index (χ0v) is 11.0. The van der Waals surface area contributed by atoms with Crippen molar-refractivity contribution in [1.29, 1.82) is 0 Å². The molecule has 0 unspecified atom stereocenters. The molecule has 2 fully saturated rings. The van der Waals surface area contributed by atoms with Crippen LogP contribution in [0.1, 0.15) is 45.4 Å². The van der Waals surface area contributed by atoms with Gasteiger partial charge in [0.1, 0.15) is 0 Å². The number of aliphatic hydroxyl groups is 1. The van der Waals surface area contributed by atoms with Gasteiger partial charge in [-0.15, -0.1) is 0 Å². The number of methoxy groups -OCH3 is 1. The fourth-order valence-corrected chi connectivity index (χ4v) is 3.76. The van der Waals surface area contributed by atoms with Crippen molar-refractivity contribution in [1.82, 2.24) is 0 Å². The van der Waals surface area contributed by atoms with Gasteiger partial charge in [0.05, 0.1) is 24.3 Å². The second-order valence-electron chi connectivity index (χ2n) is 5.62. The molecule has 2 N–H and O–H groups in total. The number of fused-ring (bicyclic) bond motifs is 1. The van der Waals surface area contributed by atoms with E-state index >= 15 is 0 Å². The van der Waals surface area contributed by atoms with E-state index in [1.807, 2.05) is 6.92 Å². The highest BCUT2D eigenvalue weighted by atomic mass is 16.5. The summed E-state index contributed by atoms with van der Waals surface area (Å²) in [6.45, 7) is 1.90. The van der Waals surface area contributed by atoms with Crippen molar-refractivity contribution >= 4 is 11.7 Å². The minimum atomic E-state index is -1.14. The highest BCUT2D eigenvalue weighted by molar-refractivity contribution is 5.92. The molecule has 2 saturated carbocycles. The van der Waals surface area contributed by atoms with Gasteiger partial charge in [-0.3, -0.25) is 4.79 Å². The second kappa shape index (κ2) is 4.53. The van der Waals surface area contributed by atoms with Crippen molar-refractivity contribution < 1.29 is 19.8 Å². The maximum absolute atomic E-state index is 11.9. The van der Waals surface area contributed by atoms with Crippen LogP contribution in [0.3, 0.4) is 0 Å². The third kappa shape index (κ3) is 1.64. The van der Waals surface area contributed by atoms with E-state index in [4.69, 9.17) is 9.94 Å². The molecule has 0 aromatic rings. The summed E-state index contributed by atoms with van der Waals surface area (Å²) >= 11 is 0. The first-order chi connectivity index (χ1) is 8.49. The van der Waals surface area contributed by atoms with Crippen LogP contribution in [-0.2, 0) is 9.53 Å². The smallest absolute Gasteiger partial charge is 0.311 e. The molecule has 2 aliphatic rings. The number of hydrogen-bond acceptors (Lipinski definition) is 5. The lowest BCUT2D eigenvalue weighted by atomic mass is 9.52. The molecule has 0 spiro atoms. The Labute approximate surface area is 107 Å². The SMILES string of the molecule is COC(=O)[C@H]1CCC[C@@]2(C)/C(=N\O)CCC[C@]12O. The Kier molecular flexibility index (Phi) is 3.36. The lowest BCUT2D eigenvalue weighted by molar-refractivity contribution is -0.175. The highest BCUT2D eigenvalue weighted by Gasteiger charge is 2.60.